The number of esters is 1. The number of rotatable bonds is 8. The molecule has 0 bridgehead atoms. The fourth-order valence-electron chi connectivity index (χ4n) is 4.96. The van der Waals surface area contributed by atoms with E-state index in [1.54, 1.807) is 56.9 Å². The lowest BCUT2D eigenvalue weighted by molar-refractivity contribution is -0.136. The molecule has 1 fully saturated rings. The van der Waals surface area contributed by atoms with E-state index in [2.05, 4.69) is 29.2 Å². The third kappa shape index (κ3) is 7.72. The second-order valence-electron chi connectivity index (χ2n) is 11.1. The van der Waals surface area contributed by atoms with E-state index in [4.69, 9.17) is 9.47 Å². The van der Waals surface area contributed by atoms with Gasteiger partial charge in [-0.3, -0.25) is 9.69 Å². The molecule has 42 heavy (non-hydrogen) atoms. The van der Waals surface area contributed by atoms with Crippen LogP contribution in [0.25, 0.3) is 0 Å². The average molecular weight is 590 g/mol. The molecule has 0 aliphatic carbocycles. The largest absolute Gasteiger partial charge is 0.465 e. The SMILES string of the molecule is COC(=O)c1ccccc1SN(C(=O)OC(C)(C)C)[C@H](C)C(=O)N1CCN(C(c2ccccc2)c2ccccc2)CC1. The van der Waals surface area contributed by atoms with Crippen LogP contribution in [0.1, 0.15) is 55.2 Å². The highest BCUT2D eigenvalue weighted by atomic mass is 32.2. The quantitative estimate of drug-likeness (QED) is 0.234. The number of hydrogen-bond donors (Lipinski definition) is 0. The smallest absolute Gasteiger partial charge is 0.421 e. The van der Waals surface area contributed by atoms with Gasteiger partial charge in [0.05, 0.1) is 18.7 Å². The molecule has 0 spiro atoms. The molecule has 222 valence electrons. The van der Waals surface area contributed by atoms with Crippen LogP contribution in [0.3, 0.4) is 0 Å². The maximum absolute atomic E-state index is 13.8. The van der Waals surface area contributed by atoms with Crippen LogP contribution in [0.4, 0.5) is 4.79 Å². The molecular formula is C33H39N3O5S. The Kier molecular flexibility index (Phi) is 10.3. The summed E-state index contributed by atoms with van der Waals surface area (Å²) in [6, 6.07) is 26.8. The maximum Gasteiger partial charge on any atom is 0.421 e. The van der Waals surface area contributed by atoms with Gasteiger partial charge in [-0.25, -0.2) is 13.9 Å². The normalized spacial score (nSPS) is 14.8. The predicted octanol–water partition coefficient (Wildman–Crippen LogP) is 6.04. The lowest BCUT2D eigenvalue weighted by Crippen LogP contribution is -2.54. The number of methoxy groups -OCH3 is 1. The van der Waals surface area contributed by atoms with Crippen molar-refractivity contribution in [3.8, 4) is 0 Å². The van der Waals surface area contributed by atoms with E-state index in [9.17, 15) is 14.4 Å². The van der Waals surface area contributed by atoms with Crippen LogP contribution < -0.4 is 0 Å². The van der Waals surface area contributed by atoms with Crippen molar-refractivity contribution < 1.29 is 23.9 Å². The highest BCUT2D eigenvalue weighted by Crippen LogP contribution is 2.32. The molecule has 0 unspecified atom stereocenters. The topological polar surface area (TPSA) is 79.4 Å². The summed E-state index contributed by atoms with van der Waals surface area (Å²) in [7, 11) is 1.31. The Bertz CT molecular complexity index is 1320. The van der Waals surface area contributed by atoms with E-state index in [1.807, 2.05) is 36.4 Å². The summed E-state index contributed by atoms with van der Waals surface area (Å²) in [5, 5.41) is 0. The molecule has 0 saturated carbocycles. The first-order valence-electron chi connectivity index (χ1n) is 14.1. The van der Waals surface area contributed by atoms with Gasteiger partial charge >= 0.3 is 12.1 Å². The van der Waals surface area contributed by atoms with Crippen molar-refractivity contribution in [3.63, 3.8) is 0 Å². The molecule has 3 aromatic rings. The zero-order chi connectivity index (χ0) is 30.3. The van der Waals surface area contributed by atoms with Crippen molar-refractivity contribution in [1.29, 1.82) is 0 Å². The standard InChI is InChI=1S/C33H39N3O5S/c1-24(36(32(39)41-33(2,3)4)42-28-19-13-12-18-27(28)31(38)40-5)30(37)35-22-20-34(21-23-35)29(25-14-8-6-9-15-25)26-16-10-7-11-17-26/h6-19,24,29H,20-23H2,1-5H3/t24-/m1/s1. The van der Waals surface area contributed by atoms with E-state index in [0.717, 1.165) is 11.9 Å². The molecule has 3 aromatic carbocycles. The van der Waals surface area contributed by atoms with Crippen LogP contribution >= 0.6 is 11.9 Å². The lowest BCUT2D eigenvalue weighted by atomic mass is 9.96. The zero-order valence-corrected chi connectivity index (χ0v) is 25.7. The van der Waals surface area contributed by atoms with Crippen molar-refractivity contribution >= 4 is 29.9 Å². The number of benzene rings is 3. The van der Waals surface area contributed by atoms with Gasteiger partial charge in [-0.15, -0.1) is 0 Å². The maximum atomic E-state index is 13.8. The molecule has 9 heteroatoms. The second-order valence-corrected chi connectivity index (χ2v) is 12.2. The number of hydrogen-bond acceptors (Lipinski definition) is 7. The molecule has 0 aromatic heterocycles. The average Bonchev–Trinajstić information content (AvgIpc) is 2.99. The monoisotopic (exact) mass is 589 g/mol. The second kappa shape index (κ2) is 13.9. The third-order valence-electron chi connectivity index (χ3n) is 6.99. The highest BCUT2D eigenvalue weighted by Gasteiger charge is 2.36. The molecule has 1 aliphatic rings. The molecule has 1 aliphatic heterocycles. The summed E-state index contributed by atoms with van der Waals surface area (Å²) in [5.41, 5.74) is 1.94. The fourth-order valence-corrected chi connectivity index (χ4v) is 5.92. The van der Waals surface area contributed by atoms with Gasteiger partial charge in [0.1, 0.15) is 11.6 Å². The van der Waals surface area contributed by atoms with E-state index in [0.29, 0.717) is 36.6 Å². The minimum atomic E-state index is -0.846. The van der Waals surface area contributed by atoms with E-state index < -0.39 is 23.7 Å². The van der Waals surface area contributed by atoms with Crippen LogP contribution in [-0.2, 0) is 14.3 Å². The molecule has 4 rings (SSSR count). The van der Waals surface area contributed by atoms with Gasteiger partial charge in [-0.1, -0.05) is 72.8 Å². The number of amides is 2. The van der Waals surface area contributed by atoms with Crippen LogP contribution in [0.5, 0.6) is 0 Å². The number of carbonyl (C=O) groups excluding carboxylic acids is 3. The molecule has 8 nitrogen and oxygen atoms in total. The van der Waals surface area contributed by atoms with Crippen molar-refractivity contribution in [2.45, 2.75) is 50.3 Å². The third-order valence-corrected chi connectivity index (χ3v) is 8.21. The first kappa shape index (κ1) is 31.1. The summed E-state index contributed by atoms with van der Waals surface area (Å²) in [4.78, 5) is 44.3. The van der Waals surface area contributed by atoms with Gasteiger partial charge in [0.2, 0.25) is 5.91 Å². The number of ether oxygens (including phenoxy) is 2. The van der Waals surface area contributed by atoms with Gasteiger partial charge in [0.25, 0.3) is 0 Å². The minimum Gasteiger partial charge on any atom is -0.465 e. The van der Waals surface area contributed by atoms with Gasteiger partial charge < -0.3 is 14.4 Å². The Morgan fingerprint density at radius 3 is 1.86 bits per heavy atom. The number of piperazine rings is 1. The first-order valence-corrected chi connectivity index (χ1v) is 14.9. The van der Waals surface area contributed by atoms with E-state index >= 15 is 0 Å². The number of nitrogens with zero attached hydrogens (tertiary/aromatic N) is 3. The Morgan fingerprint density at radius 1 is 0.810 bits per heavy atom. The summed E-state index contributed by atoms with van der Waals surface area (Å²) in [5.74, 6) is -0.705. The molecule has 0 radical (unpaired) electrons. The molecule has 1 saturated heterocycles. The first-order chi connectivity index (χ1) is 20.1. The fraction of sp³-hybridized carbons (Fsp3) is 0.364. The van der Waals surface area contributed by atoms with Crippen molar-refractivity contribution in [3.05, 3.63) is 102 Å². The summed E-state index contributed by atoms with van der Waals surface area (Å²) in [6.45, 7) is 9.42. The summed E-state index contributed by atoms with van der Waals surface area (Å²) >= 11 is 1.01. The molecule has 1 atom stereocenters. The van der Waals surface area contributed by atoms with Gasteiger partial charge in [0.15, 0.2) is 0 Å². The Hall–Kier alpha value is -3.82. The lowest BCUT2D eigenvalue weighted by Gasteiger charge is -2.41. The molecule has 1 heterocycles. The molecular weight excluding hydrogens is 550 g/mol. The van der Waals surface area contributed by atoms with Crippen LogP contribution in [0.2, 0.25) is 0 Å². The van der Waals surface area contributed by atoms with Crippen molar-refractivity contribution in [2.75, 3.05) is 33.3 Å². The van der Waals surface area contributed by atoms with E-state index in [1.165, 1.54) is 22.5 Å². The molecule has 2 amide bonds. The van der Waals surface area contributed by atoms with Crippen LogP contribution in [-0.4, -0.2) is 77.0 Å². The Morgan fingerprint density at radius 2 is 1.33 bits per heavy atom. The Balaban J connectivity index is 1.52. The zero-order valence-electron chi connectivity index (χ0n) is 24.9. The highest BCUT2D eigenvalue weighted by molar-refractivity contribution is 7.97. The van der Waals surface area contributed by atoms with E-state index in [-0.39, 0.29) is 11.9 Å². The van der Waals surface area contributed by atoms with Crippen LogP contribution in [0, 0.1) is 0 Å². The molecule has 0 N–H and O–H groups in total. The van der Waals surface area contributed by atoms with Crippen LogP contribution in [0.15, 0.2) is 89.8 Å². The van der Waals surface area contributed by atoms with Gasteiger partial charge in [0, 0.05) is 31.1 Å². The Labute approximate surface area is 252 Å². The van der Waals surface area contributed by atoms with Crippen molar-refractivity contribution in [1.82, 2.24) is 14.1 Å². The summed E-state index contributed by atoms with van der Waals surface area (Å²) < 4.78 is 11.9. The van der Waals surface area contributed by atoms with Gasteiger partial charge in [-0.05, 0) is 62.9 Å². The number of carbonyl (C=O) groups is 3. The minimum absolute atomic E-state index is 0.0747. The van der Waals surface area contributed by atoms with Crippen molar-refractivity contribution in [2.24, 2.45) is 0 Å². The predicted molar refractivity (Wildman–Crippen MR) is 164 cm³/mol. The van der Waals surface area contributed by atoms with Gasteiger partial charge in [-0.2, -0.15) is 0 Å². The summed E-state index contributed by atoms with van der Waals surface area (Å²) in [6.07, 6.45) is -0.653.